The van der Waals surface area contributed by atoms with Crippen molar-refractivity contribution in [1.29, 1.82) is 5.26 Å². The highest BCUT2D eigenvalue weighted by Crippen LogP contribution is 2.13. The molecule has 0 heterocycles. The standard InChI is InChI=1S/C20H20N2O4/c1-15(26-18-9-7-17(13-21)8-10-18)20(24)25-14-19(23)22-12-11-16-5-3-2-4-6-16/h2-10,15H,11-12,14H2,1H3,(H,22,23)/t15-/m0/s1. The Hall–Kier alpha value is -3.33. The molecule has 0 unspecified atom stereocenters. The molecular weight excluding hydrogens is 332 g/mol. The molecule has 26 heavy (non-hydrogen) atoms. The lowest BCUT2D eigenvalue weighted by Crippen LogP contribution is -2.33. The summed E-state index contributed by atoms with van der Waals surface area (Å²) in [5, 5.41) is 11.4. The van der Waals surface area contributed by atoms with Gasteiger partial charge in [0.05, 0.1) is 11.6 Å². The van der Waals surface area contributed by atoms with Gasteiger partial charge in [-0.15, -0.1) is 0 Å². The molecule has 6 nitrogen and oxygen atoms in total. The summed E-state index contributed by atoms with van der Waals surface area (Å²) < 4.78 is 10.4. The monoisotopic (exact) mass is 352 g/mol. The molecule has 2 aromatic carbocycles. The number of rotatable bonds is 8. The molecular formula is C20H20N2O4. The summed E-state index contributed by atoms with van der Waals surface area (Å²) in [5.41, 5.74) is 1.62. The second-order valence-corrected chi connectivity index (χ2v) is 5.59. The van der Waals surface area contributed by atoms with Gasteiger partial charge in [0, 0.05) is 6.54 Å². The summed E-state index contributed by atoms with van der Waals surface area (Å²) >= 11 is 0. The molecule has 2 rings (SSSR count). The molecule has 0 aromatic heterocycles. The summed E-state index contributed by atoms with van der Waals surface area (Å²) in [6.07, 6.45) is -0.154. The van der Waals surface area contributed by atoms with Gasteiger partial charge in [-0.25, -0.2) is 4.79 Å². The third-order valence-electron chi connectivity index (χ3n) is 3.55. The van der Waals surface area contributed by atoms with Crippen molar-refractivity contribution in [2.75, 3.05) is 13.2 Å². The van der Waals surface area contributed by atoms with Crippen LogP contribution >= 0.6 is 0 Å². The van der Waals surface area contributed by atoms with Crippen LogP contribution in [0.3, 0.4) is 0 Å². The molecule has 0 radical (unpaired) electrons. The molecule has 0 saturated heterocycles. The summed E-state index contributed by atoms with van der Waals surface area (Å²) in [7, 11) is 0. The molecule has 2 aromatic rings. The molecule has 134 valence electrons. The number of nitriles is 1. The normalized spacial score (nSPS) is 11.1. The fraction of sp³-hybridized carbons (Fsp3) is 0.250. The van der Waals surface area contributed by atoms with E-state index < -0.39 is 12.1 Å². The van der Waals surface area contributed by atoms with Gasteiger partial charge < -0.3 is 14.8 Å². The van der Waals surface area contributed by atoms with E-state index in [2.05, 4.69) is 5.32 Å². The lowest BCUT2D eigenvalue weighted by Gasteiger charge is -2.14. The fourth-order valence-corrected chi connectivity index (χ4v) is 2.16. The van der Waals surface area contributed by atoms with Crippen LogP contribution in [-0.2, 0) is 20.7 Å². The van der Waals surface area contributed by atoms with Crippen LogP contribution in [0.5, 0.6) is 5.75 Å². The quantitative estimate of drug-likeness (QED) is 0.736. The van der Waals surface area contributed by atoms with Crippen LogP contribution in [0, 0.1) is 11.3 Å². The van der Waals surface area contributed by atoms with Gasteiger partial charge in [0.25, 0.3) is 5.91 Å². The second-order valence-electron chi connectivity index (χ2n) is 5.59. The minimum atomic E-state index is -0.861. The Balaban J connectivity index is 1.67. The number of carbonyl (C=O) groups is 2. The maximum Gasteiger partial charge on any atom is 0.347 e. The van der Waals surface area contributed by atoms with Gasteiger partial charge in [-0.1, -0.05) is 30.3 Å². The fourth-order valence-electron chi connectivity index (χ4n) is 2.16. The lowest BCUT2D eigenvalue weighted by molar-refractivity contribution is -0.154. The number of esters is 1. The first-order valence-electron chi connectivity index (χ1n) is 8.22. The summed E-state index contributed by atoms with van der Waals surface area (Å²) in [6.45, 7) is 1.65. The van der Waals surface area contributed by atoms with Crippen molar-refractivity contribution >= 4 is 11.9 Å². The van der Waals surface area contributed by atoms with E-state index in [9.17, 15) is 9.59 Å². The van der Waals surface area contributed by atoms with E-state index in [1.165, 1.54) is 6.92 Å². The average Bonchev–Trinajstić information content (AvgIpc) is 2.67. The number of benzene rings is 2. The van der Waals surface area contributed by atoms with E-state index in [0.29, 0.717) is 24.3 Å². The van der Waals surface area contributed by atoms with Gasteiger partial charge in [-0.05, 0) is 43.2 Å². The van der Waals surface area contributed by atoms with E-state index in [4.69, 9.17) is 14.7 Å². The van der Waals surface area contributed by atoms with E-state index in [0.717, 1.165) is 5.56 Å². The third-order valence-corrected chi connectivity index (χ3v) is 3.55. The van der Waals surface area contributed by atoms with Gasteiger partial charge in [0.1, 0.15) is 5.75 Å². The van der Waals surface area contributed by atoms with Crippen LogP contribution in [0.15, 0.2) is 54.6 Å². The number of amides is 1. The summed E-state index contributed by atoms with van der Waals surface area (Å²) in [6, 6.07) is 18.1. The Bertz CT molecular complexity index is 767. The molecule has 0 saturated carbocycles. The summed E-state index contributed by atoms with van der Waals surface area (Å²) in [5.74, 6) is -0.548. The van der Waals surface area contributed by atoms with E-state index in [1.54, 1.807) is 24.3 Å². The Morgan fingerprint density at radius 3 is 2.46 bits per heavy atom. The SMILES string of the molecule is C[C@H](Oc1ccc(C#N)cc1)C(=O)OCC(=O)NCCc1ccccc1. The molecule has 0 fully saturated rings. The van der Waals surface area contributed by atoms with Crippen molar-refractivity contribution < 1.29 is 19.1 Å². The first-order chi connectivity index (χ1) is 12.6. The smallest absolute Gasteiger partial charge is 0.347 e. The Morgan fingerprint density at radius 2 is 1.81 bits per heavy atom. The van der Waals surface area contributed by atoms with Crippen LogP contribution in [0.25, 0.3) is 0 Å². The maximum absolute atomic E-state index is 11.9. The first kappa shape index (κ1) is 19.0. The van der Waals surface area contributed by atoms with Gasteiger partial charge >= 0.3 is 5.97 Å². The average molecular weight is 352 g/mol. The largest absolute Gasteiger partial charge is 0.479 e. The zero-order valence-corrected chi connectivity index (χ0v) is 14.5. The molecule has 1 amide bonds. The van der Waals surface area contributed by atoms with E-state index >= 15 is 0 Å². The second kappa shape index (κ2) is 9.84. The van der Waals surface area contributed by atoms with Gasteiger partial charge in [0.2, 0.25) is 0 Å². The van der Waals surface area contributed by atoms with Crippen molar-refractivity contribution in [3.8, 4) is 11.8 Å². The highest BCUT2D eigenvalue weighted by molar-refractivity contribution is 5.81. The van der Waals surface area contributed by atoms with Crippen molar-refractivity contribution in [3.05, 3.63) is 65.7 Å². The molecule has 1 N–H and O–H groups in total. The van der Waals surface area contributed by atoms with Crippen molar-refractivity contribution in [1.82, 2.24) is 5.32 Å². The van der Waals surface area contributed by atoms with Crippen LogP contribution in [0.2, 0.25) is 0 Å². The molecule has 1 atom stereocenters. The molecule has 0 spiro atoms. The Morgan fingerprint density at radius 1 is 1.12 bits per heavy atom. The molecule has 0 aliphatic heterocycles. The minimum absolute atomic E-state index is 0.352. The predicted molar refractivity (Wildman–Crippen MR) is 95.4 cm³/mol. The van der Waals surface area contributed by atoms with Gasteiger partial charge in [-0.3, -0.25) is 4.79 Å². The first-order valence-corrected chi connectivity index (χ1v) is 8.22. The Labute approximate surface area is 152 Å². The molecule has 0 aliphatic carbocycles. The third kappa shape index (κ3) is 6.29. The number of hydrogen-bond acceptors (Lipinski definition) is 5. The maximum atomic E-state index is 11.9. The number of carbonyl (C=O) groups excluding carboxylic acids is 2. The summed E-state index contributed by atoms with van der Waals surface area (Å²) in [4.78, 5) is 23.6. The van der Waals surface area contributed by atoms with Crippen LogP contribution < -0.4 is 10.1 Å². The lowest BCUT2D eigenvalue weighted by atomic mass is 10.1. The number of ether oxygens (including phenoxy) is 2. The van der Waals surface area contributed by atoms with Crippen molar-refractivity contribution in [3.63, 3.8) is 0 Å². The van der Waals surface area contributed by atoms with Gasteiger partial charge in [0.15, 0.2) is 12.7 Å². The number of nitrogens with one attached hydrogen (secondary N) is 1. The van der Waals surface area contributed by atoms with Gasteiger partial charge in [-0.2, -0.15) is 5.26 Å². The van der Waals surface area contributed by atoms with Crippen LogP contribution in [0.1, 0.15) is 18.1 Å². The molecule has 6 heteroatoms. The number of nitrogens with zero attached hydrogens (tertiary/aromatic N) is 1. The zero-order valence-electron chi connectivity index (χ0n) is 14.5. The van der Waals surface area contributed by atoms with Crippen molar-refractivity contribution in [2.24, 2.45) is 0 Å². The number of hydrogen-bond donors (Lipinski definition) is 1. The van der Waals surface area contributed by atoms with Crippen LogP contribution in [-0.4, -0.2) is 31.1 Å². The highest BCUT2D eigenvalue weighted by Gasteiger charge is 2.17. The highest BCUT2D eigenvalue weighted by atomic mass is 16.6. The minimum Gasteiger partial charge on any atom is -0.479 e. The Kier molecular flexibility index (Phi) is 7.19. The van der Waals surface area contributed by atoms with Crippen LogP contribution in [0.4, 0.5) is 0 Å². The molecule has 0 aliphatic rings. The zero-order chi connectivity index (χ0) is 18.8. The topological polar surface area (TPSA) is 88.4 Å². The predicted octanol–water partition coefficient (Wildman–Crippen LogP) is 2.23. The molecule has 0 bridgehead atoms. The van der Waals surface area contributed by atoms with Crippen molar-refractivity contribution in [2.45, 2.75) is 19.4 Å². The van der Waals surface area contributed by atoms with E-state index in [1.807, 2.05) is 36.4 Å². The van der Waals surface area contributed by atoms with E-state index in [-0.39, 0.29) is 12.5 Å².